The average Bonchev–Trinajstić information content (AvgIpc) is 2.30. The lowest BCUT2D eigenvalue weighted by Gasteiger charge is -2.29. The number of benzene rings is 1. The predicted molar refractivity (Wildman–Crippen MR) is 67.3 cm³/mol. The van der Waals surface area contributed by atoms with Crippen molar-refractivity contribution in [2.45, 2.75) is 25.2 Å². The molecule has 1 aliphatic rings. The Morgan fingerprint density at radius 3 is 2.41 bits per heavy atom. The molecule has 1 aliphatic heterocycles. The van der Waals surface area contributed by atoms with Crippen LogP contribution in [0.1, 0.15) is 29.9 Å². The smallest absolute Gasteiger partial charge is 0.307 e. The molecule has 0 aliphatic carbocycles. The molecule has 0 radical (unpaired) electrons. The van der Waals surface area contributed by atoms with E-state index in [1.165, 1.54) is 18.4 Å². The Morgan fingerprint density at radius 1 is 1.29 bits per heavy atom. The van der Waals surface area contributed by atoms with E-state index in [1.54, 1.807) is 0 Å². The van der Waals surface area contributed by atoms with E-state index in [-0.39, 0.29) is 6.42 Å². The van der Waals surface area contributed by atoms with E-state index in [0.717, 1.165) is 18.7 Å². The topological polar surface area (TPSA) is 40.5 Å². The number of hydrogen-bond donors (Lipinski definition) is 1. The second-order valence-electron chi connectivity index (χ2n) is 4.89. The first-order chi connectivity index (χ1) is 8.15. The van der Waals surface area contributed by atoms with Crippen molar-refractivity contribution in [3.63, 3.8) is 0 Å². The third kappa shape index (κ3) is 3.30. The van der Waals surface area contributed by atoms with Gasteiger partial charge in [-0.2, -0.15) is 0 Å². The molecule has 1 fully saturated rings. The maximum Gasteiger partial charge on any atom is 0.307 e. The van der Waals surface area contributed by atoms with Gasteiger partial charge in [0, 0.05) is 0 Å². The van der Waals surface area contributed by atoms with Crippen molar-refractivity contribution >= 4 is 5.97 Å². The van der Waals surface area contributed by atoms with Gasteiger partial charge >= 0.3 is 5.97 Å². The second-order valence-corrected chi connectivity index (χ2v) is 4.89. The summed E-state index contributed by atoms with van der Waals surface area (Å²) in [5.41, 5.74) is 2.24. The van der Waals surface area contributed by atoms with Crippen LogP contribution in [0.3, 0.4) is 0 Å². The summed E-state index contributed by atoms with van der Waals surface area (Å²) in [5, 5.41) is 8.71. The Balaban J connectivity index is 2.00. The van der Waals surface area contributed by atoms with Crippen LogP contribution in [0.4, 0.5) is 0 Å². The zero-order valence-electron chi connectivity index (χ0n) is 10.2. The fraction of sp³-hybridized carbons (Fsp3) is 0.500. The van der Waals surface area contributed by atoms with Crippen molar-refractivity contribution in [3.05, 3.63) is 35.4 Å². The Labute approximate surface area is 102 Å². The molecule has 2 rings (SSSR count). The SMILES string of the molecule is CN1CCC(c2ccc(CC(=O)O)cc2)CC1. The first-order valence-electron chi connectivity index (χ1n) is 6.14. The largest absolute Gasteiger partial charge is 0.481 e. The Bertz CT molecular complexity index is 378. The van der Waals surface area contributed by atoms with Gasteiger partial charge in [-0.3, -0.25) is 4.79 Å². The molecule has 0 aromatic heterocycles. The van der Waals surface area contributed by atoms with E-state index >= 15 is 0 Å². The zero-order valence-corrected chi connectivity index (χ0v) is 10.2. The number of likely N-dealkylation sites (tertiary alicyclic amines) is 1. The summed E-state index contributed by atoms with van der Waals surface area (Å²) in [6.07, 6.45) is 2.53. The summed E-state index contributed by atoms with van der Waals surface area (Å²) in [6, 6.07) is 8.08. The molecule has 3 nitrogen and oxygen atoms in total. The Morgan fingerprint density at radius 2 is 1.88 bits per heavy atom. The normalized spacial score (nSPS) is 18.2. The lowest BCUT2D eigenvalue weighted by molar-refractivity contribution is -0.136. The van der Waals surface area contributed by atoms with Gasteiger partial charge in [0.1, 0.15) is 0 Å². The Kier molecular flexibility index (Phi) is 3.79. The number of carboxylic acids is 1. The highest BCUT2D eigenvalue weighted by atomic mass is 16.4. The fourth-order valence-electron chi connectivity index (χ4n) is 2.42. The van der Waals surface area contributed by atoms with Crippen LogP contribution in [0.5, 0.6) is 0 Å². The van der Waals surface area contributed by atoms with Crippen molar-refractivity contribution < 1.29 is 9.90 Å². The van der Waals surface area contributed by atoms with E-state index in [1.807, 2.05) is 12.1 Å². The minimum atomic E-state index is -0.767. The molecule has 1 aromatic rings. The van der Waals surface area contributed by atoms with Gasteiger partial charge in [-0.05, 0) is 50.0 Å². The molecule has 0 saturated carbocycles. The summed E-state index contributed by atoms with van der Waals surface area (Å²) in [4.78, 5) is 12.9. The minimum absolute atomic E-state index is 0.119. The van der Waals surface area contributed by atoms with E-state index in [0.29, 0.717) is 5.92 Å². The number of piperidine rings is 1. The highest BCUT2D eigenvalue weighted by Crippen LogP contribution is 2.27. The first kappa shape index (κ1) is 12.1. The fourth-order valence-corrected chi connectivity index (χ4v) is 2.42. The lowest BCUT2D eigenvalue weighted by Crippen LogP contribution is -2.29. The van der Waals surface area contributed by atoms with Crippen molar-refractivity contribution in [2.75, 3.05) is 20.1 Å². The van der Waals surface area contributed by atoms with Crippen LogP contribution in [-0.4, -0.2) is 36.1 Å². The van der Waals surface area contributed by atoms with Crippen molar-refractivity contribution in [1.29, 1.82) is 0 Å². The van der Waals surface area contributed by atoms with Gasteiger partial charge in [-0.25, -0.2) is 0 Å². The van der Waals surface area contributed by atoms with E-state index in [4.69, 9.17) is 5.11 Å². The number of hydrogen-bond acceptors (Lipinski definition) is 2. The van der Waals surface area contributed by atoms with Gasteiger partial charge in [0.2, 0.25) is 0 Å². The van der Waals surface area contributed by atoms with Crippen LogP contribution in [0.2, 0.25) is 0 Å². The summed E-state index contributed by atoms with van der Waals surface area (Å²) in [7, 11) is 2.16. The second kappa shape index (κ2) is 5.32. The van der Waals surface area contributed by atoms with Crippen LogP contribution < -0.4 is 0 Å². The molecule has 92 valence electrons. The van der Waals surface area contributed by atoms with Gasteiger partial charge in [0.15, 0.2) is 0 Å². The number of carbonyl (C=O) groups is 1. The van der Waals surface area contributed by atoms with Crippen LogP contribution in [0, 0.1) is 0 Å². The number of rotatable bonds is 3. The molecule has 3 heteroatoms. The zero-order chi connectivity index (χ0) is 12.3. The summed E-state index contributed by atoms with van der Waals surface area (Å²) in [5.74, 6) is -0.123. The molecule has 0 unspecified atom stereocenters. The minimum Gasteiger partial charge on any atom is -0.481 e. The van der Waals surface area contributed by atoms with Gasteiger partial charge in [0.25, 0.3) is 0 Å². The molecule has 17 heavy (non-hydrogen) atoms. The first-order valence-corrected chi connectivity index (χ1v) is 6.14. The number of aliphatic carboxylic acids is 1. The number of nitrogens with zero attached hydrogens (tertiary/aromatic N) is 1. The third-order valence-corrected chi connectivity index (χ3v) is 3.53. The molecule has 0 amide bonds. The van der Waals surface area contributed by atoms with Crippen molar-refractivity contribution in [2.24, 2.45) is 0 Å². The van der Waals surface area contributed by atoms with E-state index in [2.05, 4.69) is 24.1 Å². The Hall–Kier alpha value is -1.35. The van der Waals surface area contributed by atoms with Crippen LogP contribution >= 0.6 is 0 Å². The molecule has 0 spiro atoms. The molecule has 1 aromatic carbocycles. The maximum atomic E-state index is 10.6. The highest BCUT2D eigenvalue weighted by Gasteiger charge is 2.18. The van der Waals surface area contributed by atoms with Gasteiger partial charge in [-0.1, -0.05) is 24.3 Å². The molecule has 1 heterocycles. The third-order valence-electron chi connectivity index (χ3n) is 3.53. The number of carboxylic acid groups (broad SMARTS) is 1. The van der Waals surface area contributed by atoms with Crippen LogP contribution in [0.25, 0.3) is 0 Å². The average molecular weight is 233 g/mol. The lowest BCUT2D eigenvalue weighted by atomic mass is 9.89. The highest BCUT2D eigenvalue weighted by molar-refractivity contribution is 5.70. The molecule has 1 N–H and O–H groups in total. The predicted octanol–water partition coefficient (Wildman–Crippen LogP) is 2.12. The summed E-state index contributed by atoms with van der Waals surface area (Å²) in [6.45, 7) is 2.31. The molecule has 0 atom stereocenters. The van der Waals surface area contributed by atoms with Crippen molar-refractivity contribution in [3.8, 4) is 0 Å². The molecular weight excluding hydrogens is 214 g/mol. The standard InChI is InChI=1S/C14H19NO2/c1-15-8-6-13(7-9-15)12-4-2-11(3-5-12)10-14(16)17/h2-5,13H,6-10H2,1H3,(H,16,17). The summed E-state index contributed by atoms with van der Waals surface area (Å²) >= 11 is 0. The van der Waals surface area contributed by atoms with E-state index < -0.39 is 5.97 Å². The monoisotopic (exact) mass is 233 g/mol. The van der Waals surface area contributed by atoms with Gasteiger partial charge in [-0.15, -0.1) is 0 Å². The molecule has 0 bridgehead atoms. The van der Waals surface area contributed by atoms with Crippen LogP contribution in [0.15, 0.2) is 24.3 Å². The van der Waals surface area contributed by atoms with E-state index in [9.17, 15) is 4.79 Å². The van der Waals surface area contributed by atoms with Gasteiger partial charge in [0.05, 0.1) is 6.42 Å². The summed E-state index contributed by atoms with van der Waals surface area (Å²) < 4.78 is 0. The van der Waals surface area contributed by atoms with Crippen molar-refractivity contribution in [1.82, 2.24) is 4.90 Å². The molecular formula is C14H19NO2. The van der Waals surface area contributed by atoms with Gasteiger partial charge < -0.3 is 10.0 Å². The van der Waals surface area contributed by atoms with Crippen LogP contribution in [-0.2, 0) is 11.2 Å². The quantitative estimate of drug-likeness (QED) is 0.869. The molecule has 1 saturated heterocycles. The maximum absolute atomic E-state index is 10.6.